The summed E-state index contributed by atoms with van der Waals surface area (Å²) in [5.41, 5.74) is 2.34. The van der Waals surface area contributed by atoms with E-state index < -0.39 is 4.92 Å². The van der Waals surface area contributed by atoms with E-state index in [1.807, 2.05) is 30.3 Å². The molecule has 0 unspecified atom stereocenters. The molecule has 2 aromatic rings. The lowest BCUT2D eigenvalue weighted by atomic mass is 10.0. The van der Waals surface area contributed by atoms with Crippen molar-refractivity contribution in [3.8, 4) is 0 Å². The number of benzene rings is 2. The van der Waals surface area contributed by atoms with Crippen LogP contribution in [0, 0.1) is 10.1 Å². The van der Waals surface area contributed by atoms with Gasteiger partial charge in [-0.05, 0) is 12.1 Å². The number of nitro benzene ring substituents is 1. The normalized spacial score (nSPS) is 11.1. The second kappa shape index (κ2) is 5.77. The topological polar surface area (TPSA) is 64.7 Å². The third-order valence-electron chi connectivity index (χ3n) is 2.58. The average molecular weight is 256 g/mol. The molecule has 0 fully saturated rings. The molecule has 0 amide bonds. The Morgan fingerprint density at radius 2 is 1.63 bits per heavy atom. The molecule has 0 aromatic heterocycles. The highest BCUT2D eigenvalue weighted by Gasteiger charge is 2.10. The molecule has 2 aromatic carbocycles. The van der Waals surface area contributed by atoms with Gasteiger partial charge in [0.05, 0.1) is 4.92 Å². The highest BCUT2D eigenvalue weighted by molar-refractivity contribution is 6.12. The summed E-state index contributed by atoms with van der Waals surface area (Å²) in [6.07, 6.45) is 0. The number of nitrogens with zero attached hydrogens (tertiary/aromatic N) is 2. The van der Waals surface area contributed by atoms with Gasteiger partial charge in [-0.15, -0.1) is 0 Å². The molecule has 0 spiro atoms. The van der Waals surface area contributed by atoms with E-state index in [-0.39, 0.29) is 5.69 Å². The molecule has 0 N–H and O–H groups in total. The number of rotatable bonds is 4. The van der Waals surface area contributed by atoms with E-state index in [2.05, 4.69) is 5.16 Å². The lowest BCUT2D eigenvalue weighted by Crippen LogP contribution is -2.04. The SMILES string of the molecule is CO/N=C(/c1ccccc1)c1ccc([N+](=O)[O-])cc1. The molecule has 2 rings (SSSR count). The third-order valence-corrected chi connectivity index (χ3v) is 2.58. The van der Waals surface area contributed by atoms with Gasteiger partial charge in [-0.2, -0.15) is 0 Å². The molecule has 0 saturated carbocycles. The molecule has 96 valence electrons. The summed E-state index contributed by atoms with van der Waals surface area (Å²) >= 11 is 0. The van der Waals surface area contributed by atoms with Crippen LogP contribution in [-0.4, -0.2) is 17.7 Å². The number of nitro groups is 1. The van der Waals surface area contributed by atoms with E-state index in [1.165, 1.54) is 19.2 Å². The fourth-order valence-corrected chi connectivity index (χ4v) is 1.70. The van der Waals surface area contributed by atoms with Crippen molar-refractivity contribution in [1.29, 1.82) is 0 Å². The van der Waals surface area contributed by atoms with Gasteiger partial charge in [0.15, 0.2) is 0 Å². The Labute approximate surface area is 110 Å². The minimum atomic E-state index is -0.431. The van der Waals surface area contributed by atoms with Crippen molar-refractivity contribution < 1.29 is 9.76 Å². The molecule has 0 heterocycles. The number of hydrogen-bond donors (Lipinski definition) is 0. The van der Waals surface area contributed by atoms with Crippen LogP contribution in [0.5, 0.6) is 0 Å². The first kappa shape index (κ1) is 12.8. The van der Waals surface area contributed by atoms with E-state index in [0.29, 0.717) is 5.71 Å². The van der Waals surface area contributed by atoms with Gasteiger partial charge in [0.25, 0.3) is 5.69 Å². The molecule has 0 aliphatic rings. The van der Waals surface area contributed by atoms with Crippen LogP contribution in [0.1, 0.15) is 11.1 Å². The molecule has 0 saturated heterocycles. The number of non-ortho nitro benzene ring substituents is 1. The Bertz CT molecular complexity index is 592. The minimum Gasteiger partial charge on any atom is -0.399 e. The van der Waals surface area contributed by atoms with Crippen molar-refractivity contribution in [1.82, 2.24) is 0 Å². The fraction of sp³-hybridized carbons (Fsp3) is 0.0714. The van der Waals surface area contributed by atoms with Crippen LogP contribution in [-0.2, 0) is 4.84 Å². The van der Waals surface area contributed by atoms with Crippen LogP contribution in [0.4, 0.5) is 5.69 Å². The summed E-state index contributed by atoms with van der Waals surface area (Å²) in [4.78, 5) is 15.0. The van der Waals surface area contributed by atoms with Gasteiger partial charge in [0.1, 0.15) is 12.8 Å². The van der Waals surface area contributed by atoms with Gasteiger partial charge in [-0.3, -0.25) is 10.1 Å². The average Bonchev–Trinajstić information content (AvgIpc) is 2.46. The highest BCUT2D eigenvalue weighted by Crippen LogP contribution is 2.16. The molecule has 0 bridgehead atoms. The zero-order chi connectivity index (χ0) is 13.7. The van der Waals surface area contributed by atoms with E-state index in [9.17, 15) is 10.1 Å². The molecule has 0 aliphatic heterocycles. The van der Waals surface area contributed by atoms with Crippen LogP contribution in [0.15, 0.2) is 59.8 Å². The summed E-state index contributed by atoms with van der Waals surface area (Å²) in [5.74, 6) is 0. The van der Waals surface area contributed by atoms with Gasteiger partial charge in [0, 0.05) is 23.3 Å². The fourth-order valence-electron chi connectivity index (χ4n) is 1.70. The quantitative estimate of drug-likeness (QED) is 0.480. The first-order valence-electron chi connectivity index (χ1n) is 5.64. The smallest absolute Gasteiger partial charge is 0.269 e. The third kappa shape index (κ3) is 2.95. The lowest BCUT2D eigenvalue weighted by molar-refractivity contribution is -0.384. The van der Waals surface area contributed by atoms with Gasteiger partial charge in [0.2, 0.25) is 0 Å². The summed E-state index contributed by atoms with van der Waals surface area (Å²) in [5, 5.41) is 14.6. The molecular formula is C14H12N2O3. The zero-order valence-corrected chi connectivity index (χ0v) is 10.3. The summed E-state index contributed by atoms with van der Waals surface area (Å²) < 4.78 is 0. The largest absolute Gasteiger partial charge is 0.399 e. The second-order valence-corrected chi connectivity index (χ2v) is 3.79. The molecule has 0 atom stereocenters. The molecule has 5 heteroatoms. The van der Waals surface area contributed by atoms with Gasteiger partial charge in [-0.25, -0.2) is 0 Å². The van der Waals surface area contributed by atoms with Crippen molar-refractivity contribution in [2.45, 2.75) is 0 Å². The van der Waals surface area contributed by atoms with Crippen molar-refractivity contribution in [3.63, 3.8) is 0 Å². The molecule has 0 aliphatic carbocycles. The highest BCUT2D eigenvalue weighted by atomic mass is 16.6. The Hall–Kier alpha value is -2.69. The summed E-state index contributed by atoms with van der Waals surface area (Å²) in [7, 11) is 1.47. The van der Waals surface area contributed by atoms with Crippen molar-refractivity contribution in [3.05, 3.63) is 75.8 Å². The first-order valence-corrected chi connectivity index (χ1v) is 5.64. The number of hydrogen-bond acceptors (Lipinski definition) is 4. The Balaban J connectivity index is 2.41. The van der Waals surface area contributed by atoms with Crippen molar-refractivity contribution >= 4 is 11.4 Å². The van der Waals surface area contributed by atoms with E-state index in [4.69, 9.17) is 4.84 Å². The van der Waals surface area contributed by atoms with Crippen molar-refractivity contribution in [2.75, 3.05) is 7.11 Å². The van der Waals surface area contributed by atoms with Crippen LogP contribution in [0.2, 0.25) is 0 Å². The molecular weight excluding hydrogens is 244 g/mol. The standard InChI is InChI=1S/C14H12N2O3/c1-19-15-14(11-5-3-2-4-6-11)12-7-9-13(10-8-12)16(17)18/h2-10H,1H3/b15-14-. The first-order chi connectivity index (χ1) is 9.22. The molecule has 0 radical (unpaired) electrons. The van der Waals surface area contributed by atoms with Crippen LogP contribution >= 0.6 is 0 Å². The Morgan fingerprint density at radius 1 is 1.05 bits per heavy atom. The van der Waals surface area contributed by atoms with Gasteiger partial charge < -0.3 is 4.84 Å². The van der Waals surface area contributed by atoms with Gasteiger partial charge in [-0.1, -0.05) is 35.5 Å². The van der Waals surface area contributed by atoms with E-state index in [1.54, 1.807) is 12.1 Å². The molecule has 19 heavy (non-hydrogen) atoms. The molecule has 5 nitrogen and oxygen atoms in total. The monoisotopic (exact) mass is 256 g/mol. The maximum atomic E-state index is 10.6. The Kier molecular flexibility index (Phi) is 3.87. The summed E-state index contributed by atoms with van der Waals surface area (Å²) in [6.45, 7) is 0. The predicted molar refractivity (Wildman–Crippen MR) is 72.2 cm³/mol. The summed E-state index contributed by atoms with van der Waals surface area (Å²) in [6, 6.07) is 15.7. The lowest BCUT2D eigenvalue weighted by Gasteiger charge is -2.05. The zero-order valence-electron chi connectivity index (χ0n) is 10.3. The second-order valence-electron chi connectivity index (χ2n) is 3.79. The van der Waals surface area contributed by atoms with E-state index >= 15 is 0 Å². The van der Waals surface area contributed by atoms with Crippen LogP contribution < -0.4 is 0 Å². The number of oxime groups is 1. The van der Waals surface area contributed by atoms with Crippen LogP contribution in [0.3, 0.4) is 0 Å². The van der Waals surface area contributed by atoms with E-state index in [0.717, 1.165) is 11.1 Å². The van der Waals surface area contributed by atoms with Crippen molar-refractivity contribution in [2.24, 2.45) is 5.16 Å². The Morgan fingerprint density at radius 3 is 2.16 bits per heavy atom. The maximum absolute atomic E-state index is 10.6. The van der Waals surface area contributed by atoms with Gasteiger partial charge >= 0.3 is 0 Å². The van der Waals surface area contributed by atoms with Crippen LogP contribution in [0.25, 0.3) is 0 Å². The minimum absolute atomic E-state index is 0.0496. The predicted octanol–water partition coefficient (Wildman–Crippen LogP) is 2.99. The maximum Gasteiger partial charge on any atom is 0.269 e.